The molecule has 4 N–H and O–H groups in total. The average Bonchev–Trinajstić information content (AvgIpc) is 2.67. The number of piperidine rings is 1. The molecule has 1 aromatic carbocycles. The molecule has 1 aliphatic rings. The number of amides is 2. The smallest absolute Gasteiger partial charge is 0.314 e. The second kappa shape index (κ2) is 9.50. The normalized spacial score (nSPS) is 17.2. The third-order valence-electron chi connectivity index (χ3n) is 5.29. The molecular formula is C20H29N3O4. The molecule has 1 aliphatic heterocycles. The molecule has 7 heteroatoms. The zero-order chi connectivity index (χ0) is 19.9. The van der Waals surface area contributed by atoms with Gasteiger partial charge in [-0.1, -0.05) is 30.3 Å². The minimum atomic E-state index is -0.971. The number of nitrogens with one attached hydrogen (secondary N) is 1. The standard InChI is InChI=1S/C20H29N3O4/c1-15(24)22-17(9-5-6-12-21)18(25)23-13-10-20(11-14-23,19(26)27)16-7-3-2-4-8-16/h2-4,7-8,17H,5-6,9-14,21H2,1H3,(H,22,24)(H,26,27). The van der Waals surface area contributed by atoms with Crippen molar-refractivity contribution in [1.82, 2.24) is 10.2 Å². The van der Waals surface area contributed by atoms with Gasteiger partial charge >= 0.3 is 5.97 Å². The molecule has 2 rings (SSSR count). The zero-order valence-corrected chi connectivity index (χ0v) is 15.8. The number of benzene rings is 1. The van der Waals surface area contributed by atoms with Crippen molar-refractivity contribution < 1.29 is 19.5 Å². The van der Waals surface area contributed by atoms with E-state index in [9.17, 15) is 19.5 Å². The highest BCUT2D eigenvalue weighted by atomic mass is 16.4. The van der Waals surface area contributed by atoms with Gasteiger partial charge in [0.2, 0.25) is 11.8 Å². The number of nitrogens with zero attached hydrogens (tertiary/aromatic N) is 1. The number of hydrogen-bond donors (Lipinski definition) is 3. The van der Waals surface area contributed by atoms with Gasteiger partial charge in [-0.3, -0.25) is 14.4 Å². The zero-order valence-electron chi connectivity index (χ0n) is 15.8. The van der Waals surface area contributed by atoms with Crippen molar-refractivity contribution in [3.05, 3.63) is 35.9 Å². The molecule has 0 aromatic heterocycles. The van der Waals surface area contributed by atoms with E-state index in [4.69, 9.17) is 5.73 Å². The van der Waals surface area contributed by atoms with E-state index in [1.807, 2.05) is 30.3 Å². The van der Waals surface area contributed by atoms with Crippen molar-refractivity contribution >= 4 is 17.8 Å². The number of nitrogens with two attached hydrogens (primary N) is 1. The predicted octanol–water partition coefficient (Wildman–Crippen LogP) is 1.27. The van der Waals surface area contributed by atoms with E-state index < -0.39 is 17.4 Å². The number of carbonyl (C=O) groups excluding carboxylic acids is 2. The van der Waals surface area contributed by atoms with Crippen molar-refractivity contribution in [3.8, 4) is 0 Å². The fourth-order valence-corrected chi connectivity index (χ4v) is 3.71. The van der Waals surface area contributed by atoms with Crippen LogP contribution < -0.4 is 11.1 Å². The van der Waals surface area contributed by atoms with Gasteiger partial charge in [-0.2, -0.15) is 0 Å². The summed E-state index contributed by atoms with van der Waals surface area (Å²) in [5.41, 5.74) is 5.31. The highest BCUT2D eigenvalue weighted by molar-refractivity contribution is 5.87. The monoisotopic (exact) mass is 375 g/mol. The molecule has 148 valence electrons. The van der Waals surface area contributed by atoms with Crippen LogP contribution in [-0.2, 0) is 19.8 Å². The Balaban J connectivity index is 2.08. The first kappa shape index (κ1) is 20.9. The van der Waals surface area contributed by atoms with E-state index in [1.54, 1.807) is 4.90 Å². The van der Waals surface area contributed by atoms with Crippen LogP contribution in [0.3, 0.4) is 0 Å². The lowest BCUT2D eigenvalue weighted by molar-refractivity contribution is -0.149. The molecule has 1 fully saturated rings. The molecule has 1 atom stereocenters. The number of carboxylic acid groups (broad SMARTS) is 1. The number of hydrogen-bond acceptors (Lipinski definition) is 4. The minimum Gasteiger partial charge on any atom is -0.481 e. The summed E-state index contributed by atoms with van der Waals surface area (Å²) < 4.78 is 0. The molecule has 0 spiro atoms. The summed E-state index contributed by atoms with van der Waals surface area (Å²) >= 11 is 0. The van der Waals surface area contributed by atoms with Crippen LogP contribution in [0, 0.1) is 0 Å². The van der Waals surface area contributed by atoms with Crippen LogP contribution in [-0.4, -0.2) is 53.5 Å². The molecular weight excluding hydrogens is 346 g/mol. The fourth-order valence-electron chi connectivity index (χ4n) is 3.71. The summed E-state index contributed by atoms with van der Waals surface area (Å²) in [4.78, 5) is 38.1. The van der Waals surface area contributed by atoms with E-state index in [0.717, 1.165) is 18.4 Å². The Bertz CT molecular complexity index is 654. The maximum Gasteiger partial charge on any atom is 0.314 e. The van der Waals surface area contributed by atoms with Crippen LogP contribution in [0.2, 0.25) is 0 Å². The molecule has 0 saturated carbocycles. The summed E-state index contributed by atoms with van der Waals surface area (Å²) in [6.45, 7) is 2.65. The molecule has 0 radical (unpaired) electrons. The van der Waals surface area contributed by atoms with Crippen molar-refractivity contribution in [1.29, 1.82) is 0 Å². The Labute approximate surface area is 159 Å². The van der Waals surface area contributed by atoms with Crippen molar-refractivity contribution in [3.63, 3.8) is 0 Å². The number of likely N-dealkylation sites (tertiary alicyclic amines) is 1. The van der Waals surface area contributed by atoms with E-state index >= 15 is 0 Å². The van der Waals surface area contributed by atoms with E-state index in [0.29, 0.717) is 38.9 Å². The third kappa shape index (κ3) is 5.07. The summed E-state index contributed by atoms with van der Waals surface area (Å²) in [5.74, 6) is -1.25. The number of carboxylic acids is 1. The number of carbonyl (C=O) groups is 3. The van der Waals surface area contributed by atoms with Gasteiger partial charge in [0.15, 0.2) is 0 Å². The van der Waals surface area contributed by atoms with E-state index in [2.05, 4.69) is 5.32 Å². The van der Waals surface area contributed by atoms with Crippen LogP contribution in [0.1, 0.15) is 44.6 Å². The van der Waals surface area contributed by atoms with Gasteiger partial charge in [0.05, 0.1) is 5.41 Å². The molecule has 1 unspecified atom stereocenters. The van der Waals surface area contributed by atoms with Gasteiger partial charge in [0.25, 0.3) is 0 Å². The van der Waals surface area contributed by atoms with Gasteiger partial charge in [-0.15, -0.1) is 0 Å². The summed E-state index contributed by atoms with van der Waals surface area (Å²) in [6, 6.07) is 8.61. The first-order valence-corrected chi connectivity index (χ1v) is 9.45. The topological polar surface area (TPSA) is 113 Å². The second-order valence-corrected chi connectivity index (χ2v) is 7.12. The number of rotatable bonds is 8. The summed E-state index contributed by atoms with van der Waals surface area (Å²) in [6.07, 6.45) is 2.79. The highest BCUT2D eigenvalue weighted by Gasteiger charge is 2.44. The SMILES string of the molecule is CC(=O)NC(CCCCN)C(=O)N1CCC(C(=O)O)(c2ccccc2)CC1. The lowest BCUT2D eigenvalue weighted by atomic mass is 9.72. The van der Waals surface area contributed by atoms with Crippen LogP contribution in [0.15, 0.2) is 30.3 Å². The molecule has 0 bridgehead atoms. The number of aliphatic carboxylic acids is 1. The Hall–Kier alpha value is -2.41. The molecule has 27 heavy (non-hydrogen) atoms. The van der Waals surface area contributed by atoms with Crippen molar-refractivity contribution in [2.75, 3.05) is 19.6 Å². The van der Waals surface area contributed by atoms with Gasteiger partial charge < -0.3 is 21.1 Å². The first-order valence-electron chi connectivity index (χ1n) is 9.45. The Morgan fingerprint density at radius 1 is 1.19 bits per heavy atom. The molecule has 1 saturated heterocycles. The molecule has 1 aromatic rings. The van der Waals surface area contributed by atoms with Crippen molar-refractivity contribution in [2.45, 2.75) is 50.5 Å². The Morgan fingerprint density at radius 3 is 2.33 bits per heavy atom. The molecule has 0 aliphatic carbocycles. The van der Waals surface area contributed by atoms with Gasteiger partial charge in [0, 0.05) is 20.0 Å². The van der Waals surface area contributed by atoms with Gasteiger partial charge in [-0.05, 0) is 44.2 Å². The third-order valence-corrected chi connectivity index (χ3v) is 5.29. The first-order chi connectivity index (χ1) is 12.9. The largest absolute Gasteiger partial charge is 0.481 e. The Kier molecular flexibility index (Phi) is 7.36. The van der Waals surface area contributed by atoms with Crippen LogP contribution >= 0.6 is 0 Å². The van der Waals surface area contributed by atoms with E-state index in [1.165, 1.54) is 6.92 Å². The summed E-state index contributed by atoms with van der Waals surface area (Å²) in [7, 11) is 0. The fraction of sp³-hybridized carbons (Fsp3) is 0.550. The highest BCUT2D eigenvalue weighted by Crippen LogP contribution is 2.36. The predicted molar refractivity (Wildman–Crippen MR) is 102 cm³/mol. The quantitative estimate of drug-likeness (QED) is 0.592. The van der Waals surface area contributed by atoms with Crippen molar-refractivity contribution in [2.24, 2.45) is 5.73 Å². The van der Waals surface area contributed by atoms with E-state index in [-0.39, 0.29) is 11.8 Å². The van der Waals surface area contributed by atoms with Crippen LogP contribution in [0.25, 0.3) is 0 Å². The average molecular weight is 375 g/mol. The molecule has 2 amide bonds. The lowest BCUT2D eigenvalue weighted by Gasteiger charge is -2.40. The number of unbranched alkanes of at least 4 members (excludes halogenated alkanes) is 1. The van der Waals surface area contributed by atoms with Gasteiger partial charge in [0.1, 0.15) is 6.04 Å². The van der Waals surface area contributed by atoms with Crippen LogP contribution in [0.5, 0.6) is 0 Å². The van der Waals surface area contributed by atoms with Gasteiger partial charge in [-0.25, -0.2) is 0 Å². The molecule has 1 heterocycles. The summed E-state index contributed by atoms with van der Waals surface area (Å²) in [5, 5.41) is 12.6. The molecule has 7 nitrogen and oxygen atoms in total. The van der Waals surface area contributed by atoms with Crippen LogP contribution in [0.4, 0.5) is 0 Å². The maximum absolute atomic E-state index is 12.9. The minimum absolute atomic E-state index is 0.144. The Morgan fingerprint density at radius 2 is 1.81 bits per heavy atom. The maximum atomic E-state index is 12.9. The lowest BCUT2D eigenvalue weighted by Crippen LogP contribution is -2.54. The second-order valence-electron chi connectivity index (χ2n) is 7.12.